The fourth-order valence-electron chi connectivity index (χ4n) is 1.47. The van der Waals surface area contributed by atoms with Crippen LogP contribution in [0, 0.1) is 0 Å². The van der Waals surface area contributed by atoms with Gasteiger partial charge in [0.15, 0.2) is 0 Å². The number of nitrogens with one attached hydrogen (secondary N) is 1. The van der Waals surface area contributed by atoms with Crippen molar-refractivity contribution >= 4 is 17.0 Å². The smallest absolute Gasteiger partial charge is 0.0468 e. The molecule has 0 saturated heterocycles. The lowest BCUT2D eigenvalue weighted by Crippen LogP contribution is -2.16. The van der Waals surface area contributed by atoms with Gasteiger partial charge >= 0.3 is 0 Å². The summed E-state index contributed by atoms with van der Waals surface area (Å²) in [6.07, 6.45) is 4.70. The van der Waals surface area contributed by atoms with E-state index in [0.717, 1.165) is 25.2 Å². The maximum absolute atomic E-state index is 5.79. The minimum atomic E-state index is 0.851. The van der Waals surface area contributed by atoms with Crippen molar-refractivity contribution in [3.63, 3.8) is 0 Å². The molecule has 0 fully saturated rings. The monoisotopic (exact) mass is 233 g/mol. The maximum atomic E-state index is 5.79. The summed E-state index contributed by atoms with van der Waals surface area (Å²) in [6.45, 7) is 1.80. The minimum Gasteiger partial charge on any atom is -0.398 e. The third kappa shape index (κ3) is 3.05. The molecule has 2 aromatic heterocycles. The lowest BCUT2D eigenvalue weighted by atomic mass is 10.2. The van der Waals surface area contributed by atoms with E-state index >= 15 is 0 Å². The van der Waals surface area contributed by atoms with E-state index in [-0.39, 0.29) is 0 Å². The molecule has 2 aromatic rings. The van der Waals surface area contributed by atoms with Gasteiger partial charge in [-0.1, -0.05) is 6.07 Å². The van der Waals surface area contributed by atoms with Gasteiger partial charge in [0, 0.05) is 29.5 Å². The van der Waals surface area contributed by atoms with Crippen LogP contribution < -0.4 is 11.1 Å². The van der Waals surface area contributed by atoms with Gasteiger partial charge in [0.25, 0.3) is 0 Å². The second kappa shape index (κ2) is 5.63. The number of aromatic nitrogens is 1. The van der Waals surface area contributed by atoms with Crippen LogP contribution in [-0.4, -0.2) is 11.5 Å². The summed E-state index contributed by atoms with van der Waals surface area (Å²) in [6, 6.07) is 6.00. The van der Waals surface area contributed by atoms with Gasteiger partial charge < -0.3 is 11.1 Å². The number of nitrogens with two attached hydrogens (primary N) is 1. The van der Waals surface area contributed by atoms with Crippen LogP contribution in [0.25, 0.3) is 0 Å². The average molecular weight is 233 g/mol. The highest BCUT2D eigenvalue weighted by Gasteiger charge is 1.99. The van der Waals surface area contributed by atoms with E-state index < -0.39 is 0 Å². The van der Waals surface area contributed by atoms with Crippen LogP contribution in [0.3, 0.4) is 0 Å². The van der Waals surface area contributed by atoms with E-state index in [0.29, 0.717) is 0 Å². The Bertz CT molecular complexity index is 425. The Kier molecular flexibility index (Phi) is 3.91. The number of thiophene rings is 1. The highest BCUT2D eigenvalue weighted by Crippen LogP contribution is 2.17. The van der Waals surface area contributed by atoms with E-state index in [4.69, 9.17) is 5.73 Å². The zero-order valence-corrected chi connectivity index (χ0v) is 9.83. The molecule has 0 aromatic carbocycles. The normalized spacial score (nSPS) is 10.5. The lowest BCUT2D eigenvalue weighted by molar-refractivity contribution is 0.693. The van der Waals surface area contributed by atoms with Crippen molar-refractivity contribution in [1.82, 2.24) is 10.3 Å². The Balaban J connectivity index is 1.72. The number of hydrogen-bond acceptors (Lipinski definition) is 4. The quantitative estimate of drug-likeness (QED) is 0.777. The van der Waals surface area contributed by atoms with Crippen LogP contribution in [0.2, 0.25) is 0 Å². The summed E-state index contributed by atoms with van der Waals surface area (Å²) in [5, 5.41) is 5.40. The SMILES string of the molecule is Nc1ccsc1CNCCc1cccnc1. The second-order valence-electron chi connectivity index (χ2n) is 3.59. The van der Waals surface area contributed by atoms with E-state index in [1.165, 1.54) is 10.4 Å². The van der Waals surface area contributed by atoms with Gasteiger partial charge in [0.05, 0.1) is 0 Å². The van der Waals surface area contributed by atoms with Gasteiger partial charge in [-0.2, -0.15) is 0 Å². The van der Waals surface area contributed by atoms with Crippen molar-refractivity contribution in [3.8, 4) is 0 Å². The molecule has 0 aliphatic rings. The molecule has 0 unspecified atom stereocenters. The third-order valence-electron chi connectivity index (χ3n) is 2.38. The molecule has 3 N–H and O–H groups in total. The summed E-state index contributed by atoms with van der Waals surface area (Å²) in [5.74, 6) is 0. The van der Waals surface area contributed by atoms with Crippen molar-refractivity contribution in [2.45, 2.75) is 13.0 Å². The first-order valence-electron chi connectivity index (χ1n) is 5.28. The molecule has 0 radical (unpaired) electrons. The topological polar surface area (TPSA) is 50.9 Å². The molecule has 4 heteroatoms. The molecular formula is C12H15N3S. The molecule has 2 heterocycles. The molecule has 2 rings (SSSR count). The predicted molar refractivity (Wildman–Crippen MR) is 68.4 cm³/mol. The molecule has 0 bridgehead atoms. The molecular weight excluding hydrogens is 218 g/mol. The molecule has 0 aliphatic heterocycles. The van der Waals surface area contributed by atoms with Gasteiger partial charge in [-0.3, -0.25) is 4.98 Å². The van der Waals surface area contributed by atoms with Crippen LogP contribution in [0.5, 0.6) is 0 Å². The fourth-order valence-corrected chi connectivity index (χ4v) is 2.24. The molecule has 0 atom stereocenters. The minimum absolute atomic E-state index is 0.851. The summed E-state index contributed by atoms with van der Waals surface area (Å²) in [7, 11) is 0. The fraction of sp³-hybridized carbons (Fsp3) is 0.250. The van der Waals surface area contributed by atoms with Crippen molar-refractivity contribution in [1.29, 1.82) is 0 Å². The average Bonchev–Trinajstić information content (AvgIpc) is 2.72. The van der Waals surface area contributed by atoms with Crippen molar-refractivity contribution in [2.75, 3.05) is 12.3 Å². The number of nitrogen functional groups attached to an aromatic ring is 1. The number of nitrogens with zero attached hydrogens (tertiary/aromatic N) is 1. The summed E-state index contributed by atoms with van der Waals surface area (Å²) < 4.78 is 0. The number of rotatable bonds is 5. The van der Waals surface area contributed by atoms with Gasteiger partial charge in [-0.05, 0) is 36.0 Å². The predicted octanol–water partition coefficient (Wildman–Crippen LogP) is 2.06. The Morgan fingerprint density at radius 1 is 1.38 bits per heavy atom. The van der Waals surface area contributed by atoms with Gasteiger partial charge in [-0.25, -0.2) is 0 Å². The van der Waals surface area contributed by atoms with E-state index in [1.54, 1.807) is 17.5 Å². The molecule has 0 aliphatic carbocycles. The van der Waals surface area contributed by atoms with Gasteiger partial charge in [0.1, 0.15) is 0 Å². The van der Waals surface area contributed by atoms with Crippen LogP contribution in [-0.2, 0) is 13.0 Å². The molecule has 84 valence electrons. The highest BCUT2D eigenvalue weighted by molar-refractivity contribution is 7.10. The third-order valence-corrected chi connectivity index (χ3v) is 3.32. The molecule has 16 heavy (non-hydrogen) atoms. The van der Waals surface area contributed by atoms with Crippen LogP contribution in [0.1, 0.15) is 10.4 Å². The zero-order chi connectivity index (χ0) is 11.2. The van der Waals surface area contributed by atoms with Crippen molar-refractivity contribution < 1.29 is 0 Å². The first-order chi connectivity index (χ1) is 7.86. The molecule has 3 nitrogen and oxygen atoms in total. The second-order valence-corrected chi connectivity index (χ2v) is 4.59. The summed E-state index contributed by atoms with van der Waals surface area (Å²) in [5.41, 5.74) is 7.94. The highest BCUT2D eigenvalue weighted by atomic mass is 32.1. The number of pyridine rings is 1. The van der Waals surface area contributed by atoms with E-state index in [2.05, 4.69) is 16.4 Å². The standard InChI is InChI=1S/C12H15N3S/c13-11-4-7-16-12(11)9-15-6-3-10-2-1-5-14-8-10/h1-2,4-5,7-8,15H,3,6,9,13H2. The van der Waals surface area contributed by atoms with Gasteiger partial charge in [0.2, 0.25) is 0 Å². The Hall–Kier alpha value is -1.39. The van der Waals surface area contributed by atoms with E-state index in [1.807, 2.05) is 23.7 Å². The zero-order valence-electron chi connectivity index (χ0n) is 9.02. The largest absolute Gasteiger partial charge is 0.398 e. The Morgan fingerprint density at radius 2 is 2.31 bits per heavy atom. The number of hydrogen-bond donors (Lipinski definition) is 2. The number of anilines is 1. The van der Waals surface area contributed by atoms with Crippen molar-refractivity contribution in [2.24, 2.45) is 0 Å². The molecule has 0 saturated carbocycles. The first-order valence-corrected chi connectivity index (χ1v) is 6.15. The summed E-state index contributed by atoms with van der Waals surface area (Å²) in [4.78, 5) is 5.30. The van der Waals surface area contributed by atoms with Crippen LogP contribution in [0.15, 0.2) is 36.0 Å². The Labute approximate surface area is 99.3 Å². The Morgan fingerprint density at radius 3 is 3.00 bits per heavy atom. The van der Waals surface area contributed by atoms with E-state index in [9.17, 15) is 0 Å². The van der Waals surface area contributed by atoms with Crippen LogP contribution in [0.4, 0.5) is 5.69 Å². The molecule has 0 spiro atoms. The maximum Gasteiger partial charge on any atom is 0.0468 e. The summed E-state index contributed by atoms with van der Waals surface area (Å²) >= 11 is 1.70. The van der Waals surface area contributed by atoms with Crippen molar-refractivity contribution in [3.05, 3.63) is 46.4 Å². The first kappa shape index (κ1) is 11.1. The van der Waals surface area contributed by atoms with Gasteiger partial charge in [-0.15, -0.1) is 11.3 Å². The lowest BCUT2D eigenvalue weighted by Gasteiger charge is -2.03. The molecule has 0 amide bonds. The van der Waals surface area contributed by atoms with Crippen LogP contribution >= 0.6 is 11.3 Å².